The molecule has 23 heavy (non-hydrogen) atoms. The molecule has 0 radical (unpaired) electrons. The predicted octanol–water partition coefficient (Wildman–Crippen LogP) is 1.71. The van der Waals surface area contributed by atoms with Crippen molar-refractivity contribution < 1.29 is 9.26 Å². The van der Waals surface area contributed by atoms with Crippen molar-refractivity contribution >= 4 is 11.8 Å². The average Bonchev–Trinajstić information content (AvgIpc) is 3.06. The van der Waals surface area contributed by atoms with Crippen LogP contribution in [-0.2, 0) is 0 Å². The van der Waals surface area contributed by atoms with E-state index in [1.807, 2.05) is 32.0 Å². The van der Waals surface area contributed by atoms with E-state index in [4.69, 9.17) is 9.26 Å². The van der Waals surface area contributed by atoms with Gasteiger partial charge in [-0.25, -0.2) is 9.97 Å². The lowest BCUT2D eigenvalue weighted by molar-refractivity contribution is 0.323. The number of rotatable bonds is 5. The summed E-state index contributed by atoms with van der Waals surface area (Å²) < 4.78 is 10.8. The summed E-state index contributed by atoms with van der Waals surface area (Å²) in [6.45, 7) is 4.34. The minimum Gasteiger partial charge on any atom is -0.478 e. The maximum absolute atomic E-state index is 5.44. The van der Waals surface area contributed by atoms with Crippen molar-refractivity contribution in [3.05, 3.63) is 18.3 Å². The average molecular weight is 318 g/mol. The highest BCUT2D eigenvalue weighted by molar-refractivity contribution is 5.41. The van der Waals surface area contributed by atoms with Crippen LogP contribution in [0.15, 0.2) is 16.9 Å². The SMILES string of the molecule is CCOc1cc(N2CCC(c3nc(N(C)C)no3)CC2)ncn1. The van der Waals surface area contributed by atoms with E-state index in [2.05, 4.69) is 25.0 Å². The van der Waals surface area contributed by atoms with Crippen LogP contribution in [0.2, 0.25) is 0 Å². The number of anilines is 2. The first-order valence-corrected chi connectivity index (χ1v) is 7.88. The van der Waals surface area contributed by atoms with Crippen molar-refractivity contribution in [3.8, 4) is 5.88 Å². The summed E-state index contributed by atoms with van der Waals surface area (Å²) in [5.74, 6) is 3.18. The van der Waals surface area contributed by atoms with E-state index in [1.54, 1.807) is 6.33 Å². The molecule has 0 spiro atoms. The van der Waals surface area contributed by atoms with Gasteiger partial charge >= 0.3 is 0 Å². The van der Waals surface area contributed by atoms with Crippen LogP contribution in [0.3, 0.4) is 0 Å². The summed E-state index contributed by atoms with van der Waals surface area (Å²) >= 11 is 0. The highest BCUT2D eigenvalue weighted by atomic mass is 16.5. The first-order valence-electron chi connectivity index (χ1n) is 7.88. The highest BCUT2D eigenvalue weighted by Gasteiger charge is 2.26. The van der Waals surface area contributed by atoms with E-state index >= 15 is 0 Å². The fourth-order valence-electron chi connectivity index (χ4n) is 2.66. The molecule has 1 saturated heterocycles. The summed E-state index contributed by atoms with van der Waals surface area (Å²) in [5.41, 5.74) is 0. The number of piperidine rings is 1. The second-order valence-corrected chi connectivity index (χ2v) is 5.74. The molecule has 3 rings (SSSR count). The molecule has 0 aliphatic carbocycles. The molecule has 8 nitrogen and oxygen atoms in total. The lowest BCUT2D eigenvalue weighted by Gasteiger charge is -2.31. The summed E-state index contributed by atoms with van der Waals surface area (Å²) in [7, 11) is 3.81. The van der Waals surface area contributed by atoms with Gasteiger partial charge in [0.1, 0.15) is 12.1 Å². The van der Waals surface area contributed by atoms with Gasteiger partial charge in [0.05, 0.1) is 6.61 Å². The Hall–Kier alpha value is -2.38. The molecule has 0 unspecified atom stereocenters. The maximum atomic E-state index is 5.44. The second kappa shape index (κ2) is 6.80. The van der Waals surface area contributed by atoms with Gasteiger partial charge in [-0.3, -0.25) is 0 Å². The summed E-state index contributed by atoms with van der Waals surface area (Å²) in [4.78, 5) is 17.0. The van der Waals surface area contributed by atoms with Crippen molar-refractivity contribution in [2.75, 3.05) is 43.6 Å². The number of hydrogen-bond donors (Lipinski definition) is 0. The number of hydrogen-bond acceptors (Lipinski definition) is 8. The molecule has 0 N–H and O–H groups in total. The maximum Gasteiger partial charge on any atom is 0.265 e. The lowest BCUT2D eigenvalue weighted by atomic mass is 9.97. The molecule has 124 valence electrons. The molecule has 1 fully saturated rings. The zero-order valence-corrected chi connectivity index (χ0v) is 13.8. The van der Waals surface area contributed by atoms with Crippen LogP contribution in [0.5, 0.6) is 5.88 Å². The van der Waals surface area contributed by atoms with Crippen LogP contribution >= 0.6 is 0 Å². The van der Waals surface area contributed by atoms with Crippen LogP contribution in [0, 0.1) is 0 Å². The minimum atomic E-state index is 0.306. The molecule has 1 aliphatic heterocycles. The number of aromatic nitrogens is 4. The zero-order valence-electron chi connectivity index (χ0n) is 13.8. The Morgan fingerprint density at radius 3 is 2.74 bits per heavy atom. The zero-order chi connectivity index (χ0) is 16.2. The minimum absolute atomic E-state index is 0.306. The van der Waals surface area contributed by atoms with Crippen LogP contribution in [0.25, 0.3) is 0 Å². The number of nitrogens with zero attached hydrogens (tertiary/aromatic N) is 6. The van der Waals surface area contributed by atoms with E-state index in [1.165, 1.54) is 0 Å². The Morgan fingerprint density at radius 1 is 1.30 bits per heavy atom. The third-order valence-corrected chi connectivity index (χ3v) is 3.92. The molecule has 3 heterocycles. The van der Waals surface area contributed by atoms with E-state index in [9.17, 15) is 0 Å². The Labute approximate surface area is 135 Å². The molecule has 0 amide bonds. The molecule has 1 aliphatic rings. The summed E-state index contributed by atoms with van der Waals surface area (Å²) in [6.07, 6.45) is 3.47. The smallest absolute Gasteiger partial charge is 0.265 e. The Kier molecular flexibility index (Phi) is 4.59. The lowest BCUT2D eigenvalue weighted by Crippen LogP contribution is -2.33. The summed E-state index contributed by atoms with van der Waals surface area (Å²) in [6, 6.07) is 1.89. The fourth-order valence-corrected chi connectivity index (χ4v) is 2.66. The standard InChI is InChI=1S/C15H22N6O2/c1-4-22-13-9-12(16-10-17-13)21-7-5-11(6-8-21)14-18-15(19-23-14)20(2)3/h9-11H,4-8H2,1-3H3. The van der Waals surface area contributed by atoms with Gasteiger partial charge in [0.15, 0.2) is 0 Å². The predicted molar refractivity (Wildman–Crippen MR) is 86.0 cm³/mol. The molecule has 2 aromatic heterocycles. The monoisotopic (exact) mass is 318 g/mol. The topological polar surface area (TPSA) is 80.4 Å². The third kappa shape index (κ3) is 3.52. The van der Waals surface area contributed by atoms with Gasteiger partial charge in [0.25, 0.3) is 5.95 Å². The highest BCUT2D eigenvalue weighted by Crippen LogP contribution is 2.30. The fraction of sp³-hybridized carbons (Fsp3) is 0.600. The van der Waals surface area contributed by atoms with Gasteiger partial charge in [-0.15, -0.1) is 0 Å². The molecule has 8 heteroatoms. The first-order chi connectivity index (χ1) is 11.2. The van der Waals surface area contributed by atoms with Crippen molar-refractivity contribution in [2.24, 2.45) is 0 Å². The Morgan fingerprint density at radius 2 is 2.09 bits per heavy atom. The molecule has 0 aromatic carbocycles. The van der Waals surface area contributed by atoms with Gasteiger partial charge in [-0.2, -0.15) is 4.98 Å². The van der Waals surface area contributed by atoms with E-state index in [0.717, 1.165) is 37.6 Å². The Balaban J connectivity index is 1.62. The molecule has 0 atom stereocenters. The third-order valence-electron chi connectivity index (χ3n) is 3.92. The molecule has 2 aromatic rings. The van der Waals surface area contributed by atoms with E-state index in [0.29, 0.717) is 24.4 Å². The molecule has 0 bridgehead atoms. The van der Waals surface area contributed by atoms with E-state index < -0.39 is 0 Å². The van der Waals surface area contributed by atoms with E-state index in [-0.39, 0.29) is 0 Å². The van der Waals surface area contributed by atoms with Gasteiger partial charge in [-0.1, -0.05) is 0 Å². The van der Waals surface area contributed by atoms with Gasteiger partial charge < -0.3 is 19.1 Å². The van der Waals surface area contributed by atoms with Crippen LogP contribution in [0.4, 0.5) is 11.8 Å². The second-order valence-electron chi connectivity index (χ2n) is 5.74. The van der Waals surface area contributed by atoms with Crippen molar-refractivity contribution in [3.63, 3.8) is 0 Å². The van der Waals surface area contributed by atoms with Crippen molar-refractivity contribution in [1.82, 2.24) is 20.1 Å². The van der Waals surface area contributed by atoms with Crippen molar-refractivity contribution in [2.45, 2.75) is 25.7 Å². The molecular formula is C15H22N6O2. The molecule has 0 saturated carbocycles. The Bertz CT molecular complexity index is 636. The van der Waals surface area contributed by atoms with Gasteiger partial charge in [0.2, 0.25) is 11.8 Å². The van der Waals surface area contributed by atoms with Crippen LogP contribution in [0.1, 0.15) is 31.6 Å². The van der Waals surface area contributed by atoms with Crippen LogP contribution < -0.4 is 14.5 Å². The van der Waals surface area contributed by atoms with Gasteiger partial charge in [-0.05, 0) is 24.9 Å². The largest absolute Gasteiger partial charge is 0.478 e. The quantitative estimate of drug-likeness (QED) is 0.824. The molecular weight excluding hydrogens is 296 g/mol. The normalized spacial score (nSPS) is 15.7. The van der Waals surface area contributed by atoms with Crippen LogP contribution in [-0.4, -0.2) is 53.9 Å². The first kappa shape index (κ1) is 15.5. The number of ether oxygens (including phenoxy) is 1. The van der Waals surface area contributed by atoms with Gasteiger partial charge in [0, 0.05) is 39.2 Å². The van der Waals surface area contributed by atoms with Crippen molar-refractivity contribution in [1.29, 1.82) is 0 Å². The summed E-state index contributed by atoms with van der Waals surface area (Å²) in [5, 5.41) is 3.99.